The van der Waals surface area contributed by atoms with Gasteiger partial charge in [-0.1, -0.05) is 12.7 Å². The fourth-order valence-corrected chi connectivity index (χ4v) is 0.433. The maximum Gasteiger partial charge on any atom is 0.315 e. The normalized spacial score (nSPS) is 17.5. The molecule has 0 aromatic rings. The lowest BCUT2D eigenvalue weighted by Crippen LogP contribution is -2.40. The van der Waals surface area contributed by atoms with E-state index in [1.165, 1.54) is 0 Å². The van der Waals surface area contributed by atoms with Crippen LogP contribution in [-0.4, -0.2) is 24.9 Å². The molecule has 0 saturated heterocycles. The summed E-state index contributed by atoms with van der Waals surface area (Å²) in [6, 6.07) is 0. The van der Waals surface area contributed by atoms with Crippen LogP contribution in [0.4, 0.5) is 22.0 Å². The molecule has 0 rings (SSSR count). The summed E-state index contributed by atoms with van der Waals surface area (Å²) in [5, 5.41) is 0. The number of halogens is 5. The molecule has 2 atom stereocenters. The van der Waals surface area contributed by atoms with Gasteiger partial charge in [0.15, 0.2) is 12.3 Å². The molecule has 2 unspecified atom stereocenters. The van der Waals surface area contributed by atoms with E-state index in [4.69, 9.17) is 0 Å². The number of allylic oxidation sites excluding steroid dienone is 1. The van der Waals surface area contributed by atoms with Crippen molar-refractivity contribution >= 4 is 0 Å². The van der Waals surface area contributed by atoms with Gasteiger partial charge in [0.25, 0.3) is 0 Å². The molecule has 0 aromatic heterocycles. The Labute approximate surface area is 60.7 Å². The van der Waals surface area contributed by atoms with Crippen molar-refractivity contribution in [2.75, 3.05) is 6.67 Å². The average molecular weight is 174 g/mol. The molecule has 0 radical (unpaired) electrons. The van der Waals surface area contributed by atoms with Gasteiger partial charge >= 0.3 is 5.92 Å². The summed E-state index contributed by atoms with van der Waals surface area (Å²) in [5.41, 5.74) is 0. The summed E-state index contributed by atoms with van der Waals surface area (Å²) in [6.45, 7) is 0.798. The van der Waals surface area contributed by atoms with E-state index in [0.717, 1.165) is 0 Å². The third-order valence-corrected chi connectivity index (χ3v) is 1.13. The minimum Gasteiger partial charge on any atom is -0.248 e. The number of hydrogen-bond donors (Lipinski definition) is 0. The molecule has 0 nitrogen and oxygen atoms in total. The molecule has 0 aliphatic carbocycles. The second kappa shape index (κ2) is 3.69. The Balaban J connectivity index is 4.29. The van der Waals surface area contributed by atoms with Crippen molar-refractivity contribution in [3.8, 4) is 0 Å². The molecule has 0 N–H and O–H groups in total. The van der Waals surface area contributed by atoms with E-state index >= 15 is 0 Å². The summed E-state index contributed by atoms with van der Waals surface area (Å²) < 4.78 is 59.6. The average Bonchev–Trinajstić information content (AvgIpc) is 2.01. The zero-order valence-electron chi connectivity index (χ0n) is 5.54. The summed E-state index contributed by atoms with van der Waals surface area (Å²) in [4.78, 5) is 0. The van der Waals surface area contributed by atoms with Crippen LogP contribution in [0.1, 0.15) is 0 Å². The van der Waals surface area contributed by atoms with E-state index < -0.39 is 24.9 Å². The molecular formula is C6H7F5. The lowest BCUT2D eigenvalue weighted by atomic mass is 10.1. The van der Waals surface area contributed by atoms with Gasteiger partial charge in [0.1, 0.15) is 6.67 Å². The van der Waals surface area contributed by atoms with E-state index in [1.807, 2.05) is 0 Å². The monoisotopic (exact) mass is 174 g/mol. The predicted molar refractivity (Wildman–Crippen MR) is 30.9 cm³/mol. The van der Waals surface area contributed by atoms with Crippen molar-refractivity contribution < 1.29 is 22.0 Å². The van der Waals surface area contributed by atoms with E-state index in [-0.39, 0.29) is 6.08 Å². The fraction of sp³-hybridized carbons (Fsp3) is 0.667. The summed E-state index contributed by atoms with van der Waals surface area (Å²) >= 11 is 0. The van der Waals surface area contributed by atoms with Crippen molar-refractivity contribution in [2.45, 2.75) is 18.3 Å². The Hall–Kier alpha value is -0.610. The second-order valence-corrected chi connectivity index (χ2v) is 1.93. The first-order chi connectivity index (χ1) is 4.96. The van der Waals surface area contributed by atoms with Crippen LogP contribution >= 0.6 is 0 Å². The summed E-state index contributed by atoms with van der Waals surface area (Å²) in [5.74, 6) is -4.31. The number of rotatable bonds is 4. The van der Waals surface area contributed by atoms with Crippen molar-refractivity contribution in [2.24, 2.45) is 0 Å². The Morgan fingerprint density at radius 1 is 1.36 bits per heavy atom. The molecule has 0 aliphatic rings. The SMILES string of the molecule is C=CC(F)C(F)(F)C(F)CF. The van der Waals surface area contributed by atoms with Crippen LogP contribution < -0.4 is 0 Å². The van der Waals surface area contributed by atoms with Crippen molar-refractivity contribution in [3.05, 3.63) is 12.7 Å². The highest BCUT2D eigenvalue weighted by Gasteiger charge is 2.47. The first-order valence-electron chi connectivity index (χ1n) is 2.81. The van der Waals surface area contributed by atoms with Gasteiger partial charge in [0.05, 0.1) is 0 Å². The van der Waals surface area contributed by atoms with E-state index in [1.54, 1.807) is 0 Å². The van der Waals surface area contributed by atoms with E-state index in [2.05, 4.69) is 6.58 Å². The van der Waals surface area contributed by atoms with Gasteiger partial charge in [0.2, 0.25) is 0 Å². The fourth-order valence-electron chi connectivity index (χ4n) is 0.433. The lowest BCUT2D eigenvalue weighted by molar-refractivity contribution is -0.117. The molecule has 66 valence electrons. The molecule has 0 amide bonds. The summed E-state index contributed by atoms with van der Waals surface area (Å²) in [6.07, 6.45) is -5.70. The zero-order valence-corrected chi connectivity index (χ0v) is 5.54. The standard InChI is InChI=1S/C6H7F5/c1-2-4(8)6(10,11)5(9)3-7/h2,4-5H,1,3H2. The summed E-state index contributed by atoms with van der Waals surface area (Å²) in [7, 11) is 0. The van der Waals surface area contributed by atoms with Crippen LogP contribution in [-0.2, 0) is 0 Å². The highest BCUT2D eigenvalue weighted by Crippen LogP contribution is 2.28. The maximum absolute atomic E-state index is 12.2. The molecule has 0 saturated carbocycles. The third-order valence-electron chi connectivity index (χ3n) is 1.13. The molecule has 0 aromatic carbocycles. The molecule has 0 heterocycles. The molecule has 0 spiro atoms. The Morgan fingerprint density at radius 2 is 1.82 bits per heavy atom. The first-order valence-corrected chi connectivity index (χ1v) is 2.81. The lowest BCUT2D eigenvalue weighted by Gasteiger charge is -2.19. The van der Waals surface area contributed by atoms with Gasteiger partial charge < -0.3 is 0 Å². The van der Waals surface area contributed by atoms with Crippen LogP contribution in [0.25, 0.3) is 0 Å². The van der Waals surface area contributed by atoms with Gasteiger partial charge in [-0.05, 0) is 0 Å². The van der Waals surface area contributed by atoms with Crippen LogP contribution in [0, 0.1) is 0 Å². The number of alkyl halides is 5. The Bertz CT molecular complexity index is 133. The smallest absolute Gasteiger partial charge is 0.248 e. The minimum atomic E-state index is -4.31. The zero-order chi connectivity index (χ0) is 9.07. The second-order valence-electron chi connectivity index (χ2n) is 1.93. The topological polar surface area (TPSA) is 0 Å². The number of hydrogen-bond acceptors (Lipinski definition) is 0. The van der Waals surface area contributed by atoms with E-state index in [0.29, 0.717) is 0 Å². The van der Waals surface area contributed by atoms with E-state index in [9.17, 15) is 22.0 Å². The van der Waals surface area contributed by atoms with Crippen LogP contribution in [0.2, 0.25) is 0 Å². The highest BCUT2D eigenvalue weighted by atomic mass is 19.3. The van der Waals surface area contributed by atoms with Gasteiger partial charge in [-0.3, -0.25) is 0 Å². The third kappa shape index (κ3) is 2.17. The highest BCUT2D eigenvalue weighted by molar-refractivity contribution is 4.94. The quantitative estimate of drug-likeness (QED) is 0.453. The molecular weight excluding hydrogens is 167 g/mol. The van der Waals surface area contributed by atoms with Gasteiger partial charge in [-0.15, -0.1) is 0 Å². The first kappa shape index (κ1) is 10.4. The molecule has 11 heavy (non-hydrogen) atoms. The Kier molecular flexibility index (Phi) is 3.48. The molecule has 0 fully saturated rings. The van der Waals surface area contributed by atoms with Gasteiger partial charge in [0, 0.05) is 0 Å². The predicted octanol–water partition coefficient (Wildman–Crippen LogP) is 2.45. The van der Waals surface area contributed by atoms with Crippen LogP contribution in [0.5, 0.6) is 0 Å². The minimum absolute atomic E-state index is 0.238. The van der Waals surface area contributed by atoms with Crippen LogP contribution in [0.3, 0.4) is 0 Å². The molecule has 0 aliphatic heterocycles. The molecule has 0 bridgehead atoms. The molecule has 5 heteroatoms. The van der Waals surface area contributed by atoms with Crippen molar-refractivity contribution in [1.82, 2.24) is 0 Å². The van der Waals surface area contributed by atoms with Crippen LogP contribution in [0.15, 0.2) is 12.7 Å². The van der Waals surface area contributed by atoms with Crippen molar-refractivity contribution in [3.63, 3.8) is 0 Å². The van der Waals surface area contributed by atoms with Gasteiger partial charge in [-0.25, -0.2) is 13.2 Å². The maximum atomic E-state index is 12.2. The largest absolute Gasteiger partial charge is 0.315 e. The Morgan fingerprint density at radius 3 is 2.09 bits per heavy atom. The van der Waals surface area contributed by atoms with Crippen molar-refractivity contribution in [1.29, 1.82) is 0 Å². The van der Waals surface area contributed by atoms with Gasteiger partial charge in [-0.2, -0.15) is 8.78 Å².